The molecule has 1 aliphatic heterocycles. The molecule has 1 saturated heterocycles. The highest BCUT2D eigenvalue weighted by atomic mass is 15.2. The Kier molecular flexibility index (Phi) is 4.14. The van der Waals surface area contributed by atoms with Crippen LogP contribution in [0, 0.1) is 0 Å². The third-order valence-electron chi connectivity index (χ3n) is 3.96. The zero-order valence-electron chi connectivity index (χ0n) is 12.0. The van der Waals surface area contributed by atoms with Gasteiger partial charge in [0.1, 0.15) is 5.82 Å². The third kappa shape index (κ3) is 3.08. The maximum absolute atomic E-state index is 4.38. The molecule has 0 aliphatic carbocycles. The Labute approximate surface area is 120 Å². The van der Waals surface area contributed by atoms with Gasteiger partial charge in [-0.15, -0.1) is 0 Å². The van der Waals surface area contributed by atoms with Crippen molar-refractivity contribution in [3.05, 3.63) is 42.2 Å². The van der Waals surface area contributed by atoms with E-state index < -0.39 is 0 Å². The maximum Gasteiger partial charge on any atom is 0.139 e. The average Bonchev–Trinajstić information content (AvgIpc) is 2.93. The van der Waals surface area contributed by atoms with Crippen LogP contribution in [-0.4, -0.2) is 47.2 Å². The lowest BCUT2D eigenvalue weighted by molar-refractivity contribution is 0.244. The number of hydrogen-bond donors (Lipinski definition) is 1. The number of nitrogens with zero attached hydrogens (tertiary/aromatic N) is 3. The van der Waals surface area contributed by atoms with Crippen molar-refractivity contribution < 1.29 is 0 Å². The van der Waals surface area contributed by atoms with Gasteiger partial charge >= 0.3 is 0 Å². The second-order valence-corrected chi connectivity index (χ2v) is 5.40. The molecule has 0 radical (unpaired) electrons. The van der Waals surface area contributed by atoms with Gasteiger partial charge in [-0.1, -0.05) is 24.3 Å². The van der Waals surface area contributed by atoms with Crippen LogP contribution in [0.15, 0.2) is 36.7 Å². The molecule has 2 aromatic rings. The number of nitrogens with one attached hydrogen (secondary N) is 1. The van der Waals surface area contributed by atoms with Crippen LogP contribution in [0.3, 0.4) is 0 Å². The van der Waals surface area contributed by atoms with Gasteiger partial charge in [0.05, 0.1) is 0 Å². The predicted molar refractivity (Wildman–Crippen MR) is 81.7 cm³/mol. The Morgan fingerprint density at radius 3 is 2.55 bits per heavy atom. The standard InChI is InChI=1S/C16H22N4/c1-19-11-9-18-16(19)15-4-2-14(3-5-15)6-10-20-12-7-17-8-13-20/h2-5,9,11,17H,6-8,10,12-13H2,1H3. The summed E-state index contributed by atoms with van der Waals surface area (Å²) in [5.74, 6) is 1.03. The molecule has 0 atom stereocenters. The molecule has 1 aliphatic rings. The van der Waals surface area contributed by atoms with Gasteiger partial charge < -0.3 is 14.8 Å². The number of aryl methyl sites for hydroxylation is 1. The van der Waals surface area contributed by atoms with Crippen LogP contribution in [-0.2, 0) is 13.5 Å². The molecule has 1 N–H and O–H groups in total. The Bertz CT molecular complexity index is 538. The molecular formula is C16H22N4. The number of piperazine rings is 1. The number of rotatable bonds is 4. The summed E-state index contributed by atoms with van der Waals surface area (Å²) in [7, 11) is 2.03. The Morgan fingerprint density at radius 2 is 1.90 bits per heavy atom. The minimum absolute atomic E-state index is 1.03. The molecule has 0 bridgehead atoms. The van der Waals surface area contributed by atoms with Crippen molar-refractivity contribution in [2.24, 2.45) is 7.05 Å². The summed E-state index contributed by atoms with van der Waals surface area (Å²) in [6.07, 6.45) is 4.95. The van der Waals surface area contributed by atoms with Gasteiger partial charge in [-0.25, -0.2) is 4.98 Å². The van der Waals surface area contributed by atoms with E-state index in [1.54, 1.807) is 0 Å². The van der Waals surface area contributed by atoms with Crippen LogP contribution in [0.25, 0.3) is 11.4 Å². The van der Waals surface area contributed by atoms with E-state index in [1.165, 1.54) is 24.2 Å². The van der Waals surface area contributed by atoms with Crippen LogP contribution in [0.2, 0.25) is 0 Å². The Balaban J connectivity index is 1.60. The van der Waals surface area contributed by atoms with Crippen LogP contribution in [0.5, 0.6) is 0 Å². The first-order chi connectivity index (χ1) is 9.83. The molecule has 1 aromatic carbocycles. The molecule has 106 valence electrons. The molecule has 0 amide bonds. The fourth-order valence-electron chi connectivity index (χ4n) is 2.69. The average molecular weight is 270 g/mol. The van der Waals surface area contributed by atoms with Gasteiger partial charge in [-0.3, -0.25) is 0 Å². The summed E-state index contributed by atoms with van der Waals surface area (Å²) < 4.78 is 2.05. The van der Waals surface area contributed by atoms with Gasteiger partial charge in [0, 0.05) is 57.7 Å². The van der Waals surface area contributed by atoms with Crippen molar-refractivity contribution in [2.45, 2.75) is 6.42 Å². The summed E-state index contributed by atoms with van der Waals surface area (Å²) in [6.45, 7) is 5.75. The predicted octanol–water partition coefficient (Wildman–Crippen LogP) is 1.53. The van der Waals surface area contributed by atoms with E-state index in [9.17, 15) is 0 Å². The summed E-state index contributed by atoms with van der Waals surface area (Å²) in [4.78, 5) is 6.91. The molecule has 1 fully saturated rings. The summed E-state index contributed by atoms with van der Waals surface area (Å²) in [6, 6.07) is 8.81. The number of imidazole rings is 1. The maximum atomic E-state index is 4.38. The van der Waals surface area contributed by atoms with Crippen molar-refractivity contribution in [1.29, 1.82) is 0 Å². The molecule has 0 spiro atoms. The van der Waals surface area contributed by atoms with E-state index >= 15 is 0 Å². The first-order valence-corrected chi connectivity index (χ1v) is 7.32. The summed E-state index contributed by atoms with van der Waals surface area (Å²) in [5.41, 5.74) is 2.59. The molecule has 2 heterocycles. The monoisotopic (exact) mass is 270 g/mol. The summed E-state index contributed by atoms with van der Waals surface area (Å²) in [5, 5.41) is 3.39. The van der Waals surface area contributed by atoms with Crippen LogP contribution < -0.4 is 5.32 Å². The van der Waals surface area contributed by atoms with Gasteiger partial charge in [0.15, 0.2) is 0 Å². The first kappa shape index (κ1) is 13.3. The first-order valence-electron chi connectivity index (χ1n) is 7.32. The largest absolute Gasteiger partial charge is 0.334 e. The lowest BCUT2D eigenvalue weighted by Gasteiger charge is -2.27. The molecule has 4 nitrogen and oxygen atoms in total. The van der Waals surface area contributed by atoms with E-state index in [4.69, 9.17) is 0 Å². The molecule has 20 heavy (non-hydrogen) atoms. The van der Waals surface area contributed by atoms with Crippen molar-refractivity contribution in [3.63, 3.8) is 0 Å². The van der Waals surface area contributed by atoms with Gasteiger partial charge in [-0.05, 0) is 12.0 Å². The van der Waals surface area contributed by atoms with Gasteiger partial charge in [0.2, 0.25) is 0 Å². The number of hydrogen-bond acceptors (Lipinski definition) is 3. The fraction of sp³-hybridized carbons (Fsp3) is 0.438. The SMILES string of the molecule is Cn1ccnc1-c1ccc(CCN2CCNCC2)cc1. The zero-order chi connectivity index (χ0) is 13.8. The molecule has 0 saturated carbocycles. The third-order valence-corrected chi connectivity index (χ3v) is 3.96. The summed E-state index contributed by atoms with van der Waals surface area (Å²) >= 11 is 0. The van der Waals surface area contributed by atoms with Crippen LogP contribution in [0.1, 0.15) is 5.56 Å². The van der Waals surface area contributed by atoms with Crippen LogP contribution >= 0.6 is 0 Å². The normalized spacial score (nSPS) is 16.4. The smallest absolute Gasteiger partial charge is 0.139 e. The highest BCUT2D eigenvalue weighted by molar-refractivity contribution is 5.55. The second kappa shape index (κ2) is 6.20. The van der Waals surface area contributed by atoms with E-state index in [1.807, 2.05) is 19.4 Å². The van der Waals surface area contributed by atoms with Crippen molar-refractivity contribution in [1.82, 2.24) is 19.8 Å². The van der Waals surface area contributed by atoms with Gasteiger partial charge in [0.25, 0.3) is 0 Å². The zero-order valence-corrected chi connectivity index (χ0v) is 12.0. The lowest BCUT2D eigenvalue weighted by atomic mass is 10.1. The molecule has 3 rings (SSSR count). The van der Waals surface area contributed by atoms with E-state index in [2.05, 4.69) is 44.0 Å². The minimum Gasteiger partial charge on any atom is -0.334 e. The topological polar surface area (TPSA) is 33.1 Å². The Morgan fingerprint density at radius 1 is 1.15 bits per heavy atom. The quantitative estimate of drug-likeness (QED) is 0.915. The number of benzene rings is 1. The molecule has 4 heteroatoms. The van der Waals surface area contributed by atoms with Gasteiger partial charge in [-0.2, -0.15) is 0 Å². The molecule has 0 unspecified atom stereocenters. The molecule has 1 aromatic heterocycles. The van der Waals surface area contributed by atoms with E-state index in [0.29, 0.717) is 0 Å². The fourth-order valence-corrected chi connectivity index (χ4v) is 2.69. The van der Waals surface area contributed by atoms with Crippen molar-refractivity contribution >= 4 is 0 Å². The highest BCUT2D eigenvalue weighted by Crippen LogP contribution is 2.17. The Hall–Kier alpha value is -1.65. The van der Waals surface area contributed by atoms with Crippen LogP contribution in [0.4, 0.5) is 0 Å². The molecular weight excluding hydrogens is 248 g/mol. The number of aromatic nitrogens is 2. The van der Waals surface area contributed by atoms with E-state index in [-0.39, 0.29) is 0 Å². The lowest BCUT2D eigenvalue weighted by Crippen LogP contribution is -2.44. The second-order valence-electron chi connectivity index (χ2n) is 5.40. The highest BCUT2D eigenvalue weighted by Gasteiger charge is 2.09. The van der Waals surface area contributed by atoms with Crippen molar-refractivity contribution in [2.75, 3.05) is 32.7 Å². The minimum atomic E-state index is 1.03. The van der Waals surface area contributed by atoms with Crippen molar-refractivity contribution in [3.8, 4) is 11.4 Å². The van der Waals surface area contributed by atoms with E-state index in [0.717, 1.165) is 31.9 Å².